The summed E-state index contributed by atoms with van der Waals surface area (Å²) in [4.78, 5) is 0. The van der Waals surface area contributed by atoms with E-state index < -0.39 is 6.10 Å². The zero-order chi connectivity index (χ0) is 11.7. The van der Waals surface area contributed by atoms with Crippen molar-refractivity contribution in [2.75, 3.05) is 13.2 Å². The van der Waals surface area contributed by atoms with Gasteiger partial charge in [0.05, 0.1) is 11.8 Å². The van der Waals surface area contributed by atoms with E-state index in [9.17, 15) is 5.11 Å². The van der Waals surface area contributed by atoms with Gasteiger partial charge >= 0.3 is 0 Å². The number of aliphatic hydroxyl groups excluding tert-OH is 1. The highest BCUT2D eigenvalue weighted by atomic mass is 16.5. The number of aromatic nitrogens is 2. The van der Waals surface area contributed by atoms with Crippen LogP contribution < -0.4 is 0 Å². The summed E-state index contributed by atoms with van der Waals surface area (Å²) in [5.41, 5.74) is 3.02. The summed E-state index contributed by atoms with van der Waals surface area (Å²) in [6.07, 6.45) is 1.49. The van der Waals surface area contributed by atoms with Crippen molar-refractivity contribution in [2.45, 2.75) is 32.8 Å². The van der Waals surface area contributed by atoms with Gasteiger partial charge in [-0.2, -0.15) is 5.10 Å². The number of aliphatic hydroxyl groups is 1. The molecule has 0 amide bonds. The largest absolute Gasteiger partial charge is 0.388 e. The molecule has 0 aliphatic carbocycles. The molecule has 0 radical (unpaired) electrons. The van der Waals surface area contributed by atoms with E-state index in [0.29, 0.717) is 5.92 Å². The Kier molecular flexibility index (Phi) is 3.30. The molecule has 0 bridgehead atoms. The molecule has 1 atom stereocenters. The number of aryl methyl sites for hydroxylation is 2. The molecule has 0 saturated carbocycles. The summed E-state index contributed by atoms with van der Waals surface area (Å²) in [6.45, 7) is 5.50. The molecule has 1 aliphatic heterocycles. The summed E-state index contributed by atoms with van der Waals surface area (Å²) < 4.78 is 7.16. The molecule has 90 valence electrons. The van der Waals surface area contributed by atoms with Gasteiger partial charge in [0, 0.05) is 31.5 Å². The number of rotatable bonds is 2. The maximum atomic E-state index is 10.4. The fourth-order valence-corrected chi connectivity index (χ4v) is 2.49. The molecule has 0 aromatic carbocycles. The van der Waals surface area contributed by atoms with Gasteiger partial charge in [-0.05, 0) is 32.6 Å². The Bertz CT molecular complexity index is 367. The average molecular weight is 224 g/mol. The highest BCUT2D eigenvalue weighted by molar-refractivity contribution is 5.27. The molecule has 0 spiro atoms. The van der Waals surface area contributed by atoms with Crippen LogP contribution in [0.5, 0.6) is 0 Å². The van der Waals surface area contributed by atoms with Crippen molar-refractivity contribution in [1.82, 2.24) is 9.78 Å². The summed E-state index contributed by atoms with van der Waals surface area (Å²) in [7, 11) is 1.92. The highest BCUT2D eigenvalue weighted by Crippen LogP contribution is 2.32. The minimum atomic E-state index is -0.391. The van der Waals surface area contributed by atoms with E-state index in [4.69, 9.17) is 4.74 Å². The Hall–Kier alpha value is -0.870. The van der Waals surface area contributed by atoms with E-state index in [2.05, 4.69) is 5.10 Å². The van der Waals surface area contributed by atoms with Crippen LogP contribution in [0.3, 0.4) is 0 Å². The lowest BCUT2D eigenvalue weighted by atomic mass is 9.88. The second-order valence-electron chi connectivity index (χ2n) is 4.60. The van der Waals surface area contributed by atoms with Crippen LogP contribution in [0.25, 0.3) is 0 Å². The molecule has 1 aromatic heterocycles. The molecular formula is C12H20N2O2. The number of nitrogens with zero attached hydrogens (tertiary/aromatic N) is 2. The quantitative estimate of drug-likeness (QED) is 0.828. The van der Waals surface area contributed by atoms with E-state index >= 15 is 0 Å². The van der Waals surface area contributed by atoms with Crippen molar-refractivity contribution < 1.29 is 9.84 Å². The van der Waals surface area contributed by atoms with Gasteiger partial charge in [-0.15, -0.1) is 0 Å². The molecular weight excluding hydrogens is 204 g/mol. The van der Waals surface area contributed by atoms with Gasteiger partial charge < -0.3 is 9.84 Å². The Morgan fingerprint density at radius 2 is 2.00 bits per heavy atom. The van der Waals surface area contributed by atoms with Gasteiger partial charge in [-0.1, -0.05) is 0 Å². The lowest BCUT2D eigenvalue weighted by Crippen LogP contribution is -2.22. The Morgan fingerprint density at radius 3 is 2.50 bits per heavy atom. The summed E-state index contributed by atoms with van der Waals surface area (Å²) in [5.74, 6) is 0.315. The third-order valence-corrected chi connectivity index (χ3v) is 3.57. The fourth-order valence-electron chi connectivity index (χ4n) is 2.49. The topological polar surface area (TPSA) is 47.3 Å². The van der Waals surface area contributed by atoms with Crippen molar-refractivity contribution in [1.29, 1.82) is 0 Å². The van der Waals surface area contributed by atoms with E-state index in [0.717, 1.165) is 43.0 Å². The minimum absolute atomic E-state index is 0.315. The number of hydrogen-bond donors (Lipinski definition) is 1. The molecule has 1 N–H and O–H groups in total. The second-order valence-corrected chi connectivity index (χ2v) is 4.60. The van der Waals surface area contributed by atoms with Crippen molar-refractivity contribution in [3.05, 3.63) is 17.0 Å². The molecule has 1 aromatic rings. The van der Waals surface area contributed by atoms with Crippen LogP contribution >= 0.6 is 0 Å². The molecule has 1 unspecified atom stereocenters. The normalized spacial score (nSPS) is 20.0. The van der Waals surface area contributed by atoms with Crippen LogP contribution in [0, 0.1) is 19.8 Å². The van der Waals surface area contributed by atoms with Crippen LogP contribution in [0.4, 0.5) is 0 Å². The fraction of sp³-hybridized carbons (Fsp3) is 0.750. The number of ether oxygens (including phenoxy) is 1. The molecule has 1 saturated heterocycles. The van der Waals surface area contributed by atoms with Crippen LogP contribution in [0.15, 0.2) is 0 Å². The van der Waals surface area contributed by atoms with Gasteiger partial charge in [0.2, 0.25) is 0 Å². The minimum Gasteiger partial charge on any atom is -0.388 e. The van der Waals surface area contributed by atoms with E-state index in [-0.39, 0.29) is 0 Å². The van der Waals surface area contributed by atoms with Crippen LogP contribution in [-0.4, -0.2) is 28.1 Å². The molecule has 2 rings (SSSR count). The predicted molar refractivity (Wildman–Crippen MR) is 61.2 cm³/mol. The first-order chi connectivity index (χ1) is 7.61. The summed E-state index contributed by atoms with van der Waals surface area (Å²) >= 11 is 0. The van der Waals surface area contributed by atoms with Gasteiger partial charge in [-0.3, -0.25) is 4.68 Å². The summed E-state index contributed by atoms with van der Waals surface area (Å²) in [6, 6.07) is 0. The molecule has 4 heteroatoms. The lowest BCUT2D eigenvalue weighted by molar-refractivity contribution is 0.00670. The predicted octanol–water partition coefficient (Wildman–Crippen LogP) is 1.50. The van der Waals surface area contributed by atoms with Gasteiger partial charge in [0.1, 0.15) is 0 Å². The smallest absolute Gasteiger partial charge is 0.0855 e. The molecule has 2 heterocycles. The van der Waals surface area contributed by atoms with Gasteiger partial charge in [0.25, 0.3) is 0 Å². The third kappa shape index (κ3) is 1.99. The average Bonchev–Trinajstić information content (AvgIpc) is 2.54. The standard InChI is InChI=1S/C12H20N2O2/c1-8-11(9(2)14(3)13-8)12(15)10-4-6-16-7-5-10/h10,12,15H,4-7H2,1-3H3. The Balaban J connectivity index is 2.22. The van der Waals surface area contributed by atoms with Crippen molar-refractivity contribution in [2.24, 2.45) is 13.0 Å². The zero-order valence-electron chi connectivity index (χ0n) is 10.2. The second kappa shape index (κ2) is 4.55. The highest BCUT2D eigenvalue weighted by Gasteiger charge is 2.27. The van der Waals surface area contributed by atoms with Gasteiger partial charge in [0.15, 0.2) is 0 Å². The molecule has 1 aliphatic rings. The van der Waals surface area contributed by atoms with Crippen LogP contribution in [0.1, 0.15) is 35.9 Å². The van der Waals surface area contributed by atoms with Crippen LogP contribution in [0.2, 0.25) is 0 Å². The van der Waals surface area contributed by atoms with Crippen molar-refractivity contribution in [3.8, 4) is 0 Å². The maximum absolute atomic E-state index is 10.4. The lowest BCUT2D eigenvalue weighted by Gasteiger charge is -2.27. The monoisotopic (exact) mass is 224 g/mol. The maximum Gasteiger partial charge on any atom is 0.0855 e. The molecule has 16 heavy (non-hydrogen) atoms. The Labute approximate surface area is 96.2 Å². The van der Waals surface area contributed by atoms with E-state index in [1.54, 1.807) is 0 Å². The van der Waals surface area contributed by atoms with Crippen molar-refractivity contribution >= 4 is 0 Å². The van der Waals surface area contributed by atoms with E-state index in [1.165, 1.54) is 0 Å². The van der Waals surface area contributed by atoms with E-state index in [1.807, 2.05) is 25.6 Å². The van der Waals surface area contributed by atoms with Gasteiger partial charge in [-0.25, -0.2) is 0 Å². The first-order valence-corrected chi connectivity index (χ1v) is 5.87. The van der Waals surface area contributed by atoms with Crippen molar-refractivity contribution in [3.63, 3.8) is 0 Å². The first kappa shape index (κ1) is 11.6. The first-order valence-electron chi connectivity index (χ1n) is 5.87. The van der Waals surface area contributed by atoms with Crippen LogP contribution in [-0.2, 0) is 11.8 Å². The Morgan fingerprint density at radius 1 is 1.38 bits per heavy atom. The molecule has 4 nitrogen and oxygen atoms in total. The number of hydrogen-bond acceptors (Lipinski definition) is 3. The molecule has 1 fully saturated rings. The summed E-state index contributed by atoms with van der Waals surface area (Å²) in [5, 5.41) is 14.8. The third-order valence-electron chi connectivity index (χ3n) is 3.57. The zero-order valence-corrected chi connectivity index (χ0v) is 10.2. The SMILES string of the molecule is Cc1nn(C)c(C)c1C(O)C1CCOCC1.